The number of hydrogen-bond acceptors (Lipinski definition) is 3. The molecular weight excluding hydrogens is 325 g/mol. The molecule has 1 heterocycles. The van der Waals surface area contributed by atoms with Crippen LogP contribution in [0.4, 0.5) is 4.39 Å². The van der Waals surface area contributed by atoms with E-state index in [4.69, 9.17) is 0 Å². The SMILES string of the molecule is CC1CC(=O)N(S(=O)(=O)c2ccc(Br)c(F)c2)C1. The zero-order valence-corrected chi connectivity index (χ0v) is 12.0. The quantitative estimate of drug-likeness (QED) is 0.832. The first kappa shape index (κ1) is 13.5. The van der Waals surface area contributed by atoms with E-state index >= 15 is 0 Å². The average Bonchev–Trinajstić information content (AvgIpc) is 2.62. The molecular formula is C11H11BrFNO3S. The van der Waals surface area contributed by atoms with Crippen LogP contribution >= 0.6 is 15.9 Å². The van der Waals surface area contributed by atoms with E-state index in [2.05, 4.69) is 15.9 Å². The van der Waals surface area contributed by atoms with Crippen LogP contribution in [0.3, 0.4) is 0 Å². The molecule has 1 unspecified atom stereocenters. The van der Waals surface area contributed by atoms with Gasteiger partial charge in [0.05, 0.1) is 9.37 Å². The van der Waals surface area contributed by atoms with Crippen LogP contribution in [-0.2, 0) is 14.8 Å². The highest BCUT2D eigenvalue weighted by molar-refractivity contribution is 9.10. The van der Waals surface area contributed by atoms with E-state index in [9.17, 15) is 17.6 Å². The molecule has 1 fully saturated rings. The van der Waals surface area contributed by atoms with Gasteiger partial charge in [-0.1, -0.05) is 6.92 Å². The van der Waals surface area contributed by atoms with Crippen LogP contribution in [0.15, 0.2) is 27.6 Å². The van der Waals surface area contributed by atoms with Gasteiger partial charge in [-0.2, -0.15) is 0 Å². The average molecular weight is 336 g/mol. The number of carbonyl (C=O) groups excluding carboxylic acids is 1. The van der Waals surface area contributed by atoms with Gasteiger partial charge in [0.25, 0.3) is 10.0 Å². The highest BCUT2D eigenvalue weighted by atomic mass is 79.9. The number of nitrogens with zero attached hydrogens (tertiary/aromatic N) is 1. The summed E-state index contributed by atoms with van der Waals surface area (Å²) in [6.45, 7) is 1.95. The maximum Gasteiger partial charge on any atom is 0.266 e. The number of benzene rings is 1. The molecule has 4 nitrogen and oxygen atoms in total. The van der Waals surface area contributed by atoms with E-state index in [0.29, 0.717) is 0 Å². The maximum absolute atomic E-state index is 13.4. The van der Waals surface area contributed by atoms with Crippen molar-refractivity contribution in [1.29, 1.82) is 0 Å². The Kier molecular flexibility index (Phi) is 3.46. The summed E-state index contributed by atoms with van der Waals surface area (Å²) in [4.78, 5) is 11.4. The van der Waals surface area contributed by atoms with Crippen LogP contribution in [0.1, 0.15) is 13.3 Å². The molecule has 1 aliphatic rings. The van der Waals surface area contributed by atoms with Crippen molar-refractivity contribution in [1.82, 2.24) is 4.31 Å². The molecule has 1 aliphatic heterocycles. The number of amides is 1. The van der Waals surface area contributed by atoms with E-state index in [1.807, 2.05) is 0 Å². The summed E-state index contributed by atoms with van der Waals surface area (Å²) < 4.78 is 38.7. The second-order valence-electron chi connectivity index (χ2n) is 4.32. The predicted octanol–water partition coefficient (Wildman–Crippen LogP) is 2.15. The molecule has 0 spiro atoms. The lowest BCUT2D eigenvalue weighted by atomic mass is 10.2. The fourth-order valence-electron chi connectivity index (χ4n) is 1.85. The van der Waals surface area contributed by atoms with Crippen LogP contribution in [0.5, 0.6) is 0 Å². The van der Waals surface area contributed by atoms with E-state index < -0.39 is 21.7 Å². The summed E-state index contributed by atoms with van der Waals surface area (Å²) >= 11 is 2.95. The minimum Gasteiger partial charge on any atom is -0.274 e. The maximum atomic E-state index is 13.4. The van der Waals surface area contributed by atoms with Crippen molar-refractivity contribution < 1.29 is 17.6 Å². The molecule has 1 saturated heterocycles. The van der Waals surface area contributed by atoms with Gasteiger partial charge in [0.15, 0.2) is 0 Å². The van der Waals surface area contributed by atoms with E-state index in [1.165, 1.54) is 12.1 Å². The summed E-state index contributed by atoms with van der Waals surface area (Å²) in [7, 11) is -3.94. The van der Waals surface area contributed by atoms with Crippen LogP contribution in [-0.4, -0.2) is 25.2 Å². The molecule has 0 aromatic heterocycles. The molecule has 1 amide bonds. The van der Waals surface area contributed by atoms with Crippen molar-refractivity contribution in [2.75, 3.05) is 6.54 Å². The minimum atomic E-state index is -3.94. The van der Waals surface area contributed by atoms with E-state index in [-0.39, 0.29) is 28.3 Å². The first-order valence-electron chi connectivity index (χ1n) is 5.33. The number of sulfonamides is 1. The summed E-state index contributed by atoms with van der Waals surface area (Å²) in [6, 6.07) is 3.50. The smallest absolute Gasteiger partial charge is 0.266 e. The highest BCUT2D eigenvalue weighted by Gasteiger charge is 2.36. The van der Waals surface area contributed by atoms with Crippen molar-refractivity contribution in [3.63, 3.8) is 0 Å². The topological polar surface area (TPSA) is 54.5 Å². The normalized spacial score (nSPS) is 20.5. The van der Waals surface area contributed by atoms with Crippen LogP contribution in [0.25, 0.3) is 0 Å². The summed E-state index contributed by atoms with van der Waals surface area (Å²) in [5.41, 5.74) is 0. The van der Waals surface area contributed by atoms with Gasteiger partial charge in [-0.15, -0.1) is 0 Å². The molecule has 1 aromatic carbocycles. The molecule has 1 aromatic rings. The lowest BCUT2D eigenvalue weighted by Gasteiger charge is -2.16. The fraction of sp³-hybridized carbons (Fsp3) is 0.364. The molecule has 1 atom stereocenters. The summed E-state index contributed by atoms with van der Waals surface area (Å²) in [6.07, 6.45) is 0.207. The third-order valence-corrected chi connectivity index (χ3v) is 5.18. The molecule has 7 heteroatoms. The summed E-state index contributed by atoms with van der Waals surface area (Å²) in [5, 5.41) is 0. The van der Waals surface area contributed by atoms with Gasteiger partial charge in [0.1, 0.15) is 5.82 Å². The van der Waals surface area contributed by atoms with Gasteiger partial charge in [-0.05, 0) is 40.0 Å². The minimum absolute atomic E-state index is 0.00688. The molecule has 0 N–H and O–H groups in total. The van der Waals surface area contributed by atoms with Crippen LogP contribution in [0, 0.1) is 11.7 Å². The first-order chi connectivity index (χ1) is 8.32. The van der Waals surface area contributed by atoms with Gasteiger partial charge in [0, 0.05) is 13.0 Å². The van der Waals surface area contributed by atoms with Gasteiger partial charge < -0.3 is 0 Å². The highest BCUT2D eigenvalue weighted by Crippen LogP contribution is 2.27. The number of carbonyl (C=O) groups is 1. The van der Waals surface area contributed by atoms with Gasteiger partial charge in [-0.25, -0.2) is 17.1 Å². The molecule has 2 rings (SSSR count). The van der Waals surface area contributed by atoms with Gasteiger partial charge in [-0.3, -0.25) is 4.79 Å². The molecule has 98 valence electrons. The van der Waals surface area contributed by atoms with Crippen LogP contribution in [0.2, 0.25) is 0 Å². The van der Waals surface area contributed by atoms with Crippen molar-refractivity contribution in [2.45, 2.75) is 18.2 Å². The molecule has 18 heavy (non-hydrogen) atoms. The van der Waals surface area contributed by atoms with E-state index in [0.717, 1.165) is 10.4 Å². The first-order valence-corrected chi connectivity index (χ1v) is 7.56. The Morgan fingerprint density at radius 2 is 2.11 bits per heavy atom. The van der Waals surface area contributed by atoms with Crippen molar-refractivity contribution >= 4 is 31.9 Å². The van der Waals surface area contributed by atoms with Crippen molar-refractivity contribution in [3.05, 3.63) is 28.5 Å². The van der Waals surface area contributed by atoms with Crippen molar-refractivity contribution in [2.24, 2.45) is 5.92 Å². The molecule has 0 aliphatic carbocycles. The molecule has 0 radical (unpaired) electrons. The predicted molar refractivity (Wildman–Crippen MR) is 66.8 cm³/mol. The lowest BCUT2D eigenvalue weighted by molar-refractivity contribution is -0.123. The Morgan fingerprint density at radius 3 is 2.61 bits per heavy atom. The Balaban J connectivity index is 2.42. The Labute approximate surface area is 113 Å². The van der Waals surface area contributed by atoms with Crippen molar-refractivity contribution in [3.8, 4) is 0 Å². The zero-order chi connectivity index (χ0) is 13.5. The Morgan fingerprint density at radius 1 is 1.44 bits per heavy atom. The standard InChI is InChI=1S/C11H11BrFNO3S/c1-7-4-11(15)14(6-7)18(16,17)8-2-3-9(12)10(13)5-8/h2-3,5,7H,4,6H2,1H3. The fourth-order valence-corrected chi connectivity index (χ4v) is 3.63. The Hall–Kier alpha value is -0.950. The molecule has 0 saturated carbocycles. The molecule has 0 bridgehead atoms. The number of hydrogen-bond donors (Lipinski definition) is 0. The second-order valence-corrected chi connectivity index (χ2v) is 7.03. The third kappa shape index (κ3) is 2.29. The van der Waals surface area contributed by atoms with Crippen LogP contribution < -0.4 is 0 Å². The second kappa shape index (κ2) is 4.62. The van der Waals surface area contributed by atoms with E-state index in [1.54, 1.807) is 6.92 Å². The number of rotatable bonds is 2. The Bertz CT molecular complexity index is 602. The largest absolute Gasteiger partial charge is 0.274 e. The lowest BCUT2D eigenvalue weighted by Crippen LogP contribution is -2.32. The third-order valence-electron chi connectivity index (χ3n) is 2.76. The van der Waals surface area contributed by atoms with Gasteiger partial charge in [0.2, 0.25) is 5.91 Å². The zero-order valence-electron chi connectivity index (χ0n) is 9.56. The monoisotopic (exact) mass is 335 g/mol. The summed E-state index contributed by atoms with van der Waals surface area (Å²) in [5.74, 6) is -1.12. The number of halogens is 2. The van der Waals surface area contributed by atoms with Gasteiger partial charge >= 0.3 is 0 Å².